The predicted molar refractivity (Wildman–Crippen MR) is 121 cm³/mol. The number of pyridine rings is 1. The minimum absolute atomic E-state index is 0. The molecule has 0 fully saturated rings. The van der Waals surface area contributed by atoms with Crippen molar-refractivity contribution >= 4 is 36.0 Å². The second-order valence-corrected chi connectivity index (χ2v) is 7.21. The summed E-state index contributed by atoms with van der Waals surface area (Å²) in [7, 11) is 1.72. The molecule has 7 nitrogen and oxygen atoms in total. The molecule has 0 unspecified atom stereocenters. The Bertz CT molecular complexity index is 584. The molecule has 0 radical (unpaired) electrons. The molecule has 0 spiro atoms. The van der Waals surface area contributed by atoms with Gasteiger partial charge in [0.15, 0.2) is 5.96 Å². The average Bonchev–Trinajstić information content (AvgIpc) is 2.60. The molecule has 0 aliphatic carbocycles. The second-order valence-electron chi connectivity index (χ2n) is 7.21. The third kappa shape index (κ3) is 9.78. The van der Waals surface area contributed by atoms with E-state index in [0.29, 0.717) is 19.0 Å². The molecule has 0 aliphatic rings. The van der Waals surface area contributed by atoms with Crippen molar-refractivity contribution in [1.29, 1.82) is 0 Å². The first-order valence-electron chi connectivity index (χ1n) is 9.09. The zero-order chi connectivity index (χ0) is 19.6. The number of alkyl carbamates (subject to hydrolysis) is 1. The molecular formula is C19H34IN5O2. The van der Waals surface area contributed by atoms with Crippen LogP contribution in [-0.2, 0) is 11.3 Å². The van der Waals surface area contributed by atoms with Crippen molar-refractivity contribution in [3.63, 3.8) is 0 Å². The highest BCUT2D eigenvalue weighted by molar-refractivity contribution is 14.0. The number of nitrogens with zero attached hydrogens (tertiary/aromatic N) is 2. The zero-order valence-electron chi connectivity index (χ0n) is 17.3. The smallest absolute Gasteiger partial charge is 0.408 e. The molecule has 1 aromatic rings. The van der Waals surface area contributed by atoms with E-state index in [4.69, 9.17) is 4.74 Å². The van der Waals surface area contributed by atoms with Gasteiger partial charge in [0.05, 0.1) is 17.8 Å². The Kier molecular flexibility index (Phi) is 11.3. The minimum atomic E-state index is -0.523. The summed E-state index contributed by atoms with van der Waals surface area (Å²) in [6.07, 6.45) is 2.90. The zero-order valence-corrected chi connectivity index (χ0v) is 19.6. The van der Waals surface area contributed by atoms with Gasteiger partial charge in [0.25, 0.3) is 0 Å². The summed E-state index contributed by atoms with van der Waals surface area (Å²) in [4.78, 5) is 20.7. The van der Waals surface area contributed by atoms with Gasteiger partial charge in [-0.15, -0.1) is 24.0 Å². The molecule has 27 heavy (non-hydrogen) atoms. The van der Waals surface area contributed by atoms with E-state index >= 15 is 0 Å². The van der Waals surface area contributed by atoms with Crippen LogP contribution in [0.25, 0.3) is 0 Å². The number of ether oxygens (including phenoxy) is 1. The summed E-state index contributed by atoms with van der Waals surface area (Å²) in [6.45, 7) is 10.8. The third-order valence-corrected chi connectivity index (χ3v) is 4.10. The quantitative estimate of drug-likeness (QED) is 0.309. The molecule has 8 heteroatoms. The van der Waals surface area contributed by atoms with Crippen LogP contribution in [0, 0.1) is 0 Å². The van der Waals surface area contributed by atoms with Crippen molar-refractivity contribution in [2.75, 3.05) is 13.6 Å². The maximum atomic E-state index is 12.2. The number of aromatic nitrogens is 1. The molecular weight excluding hydrogens is 457 g/mol. The molecule has 1 rings (SSSR count). The monoisotopic (exact) mass is 491 g/mol. The number of halogens is 1. The highest BCUT2D eigenvalue weighted by atomic mass is 127. The fourth-order valence-electron chi connectivity index (χ4n) is 2.39. The van der Waals surface area contributed by atoms with Gasteiger partial charge in [-0.05, 0) is 45.7 Å². The van der Waals surface area contributed by atoms with E-state index in [9.17, 15) is 4.79 Å². The van der Waals surface area contributed by atoms with E-state index < -0.39 is 17.2 Å². The van der Waals surface area contributed by atoms with Crippen molar-refractivity contribution in [2.24, 2.45) is 4.99 Å². The normalized spacial score (nSPS) is 12.0. The van der Waals surface area contributed by atoms with Gasteiger partial charge in [0.2, 0.25) is 0 Å². The van der Waals surface area contributed by atoms with Gasteiger partial charge in [0, 0.05) is 19.8 Å². The van der Waals surface area contributed by atoms with Gasteiger partial charge in [-0.2, -0.15) is 0 Å². The van der Waals surface area contributed by atoms with Crippen molar-refractivity contribution in [2.45, 2.75) is 65.1 Å². The third-order valence-electron chi connectivity index (χ3n) is 4.10. The Balaban J connectivity index is 0.00000676. The number of aliphatic imine (C=N–C) groups is 1. The van der Waals surface area contributed by atoms with Gasteiger partial charge in [0.1, 0.15) is 5.60 Å². The molecule has 0 saturated carbocycles. The molecule has 154 valence electrons. The predicted octanol–water partition coefficient (Wildman–Crippen LogP) is 3.45. The van der Waals surface area contributed by atoms with E-state index in [-0.39, 0.29) is 24.0 Å². The number of amides is 1. The first-order chi connectivity index (χ1) is 12.2. The van der Waals surface area contributed by atoms with Crippen LogP contribution in [0.4, 0.5) is 4.79 Å². The number of rotatable bonds is 7. The van der Waals surface area contributed by atoms with Crippen molar-refractivity contribution in [3.05, 3.63) is 30.1 Å². The van der Waals surface area contributed by atoms with Gasteiger partial charge in [-0.25, -0.2) is 4.79 Å². The number of carbonyl (C=O) groups is 1. The molecule has 0 aromatic carbocycles. The number of carbonyl (C=O) groups excluding carboxylic acids is 1. The van der Waals surface area contributed by atoms with Gasteiger partial charge >= 0.3 is 6.09 Å². The lowest BCUT2D eigenvalue weighted by Crippen LogP contribution is -2.57. The highest BCUT2D eigenvalue weighted by Gasteiger charge is 2.30. The molecule has 1 heterocycles. The Morgan fingerprint density at radius 3 is 2.33 bits per heavy atom. The van der Waals surface area contributed by atoms with E-state index in [2.05, 4.69) is 25.9 Å². The topological polar surface area (TPSA) is 87.6 Å². The van der Waals surface area contributed by atoms with Crippen LogP contribution in [0.2, 0.25) is 0 Å². The van der Waals surface area contributed by atoms with Gasteiger partial charge in [-0.3, -0.25) is 9.98 Å². The van der Waals surface area contributed by atoms with Gasteiger partial charge < -0.3 is 20.7 Å². The number of hydrogen-bond acceptors (Lipinski definition) is 4. The minimum Gasteiger partial charge on any atom is -0.444 e. The number of guanidine groups is 1. The Hall–Kier alpha value is -1.58. The van der Waals surface area contributed by atoms with E-state index in [0.717, 1.165) is 18.5 Å². The van der Waals surface area contributed by atoms with Crippen LogP contribution in [0.15, 0.2) is 29.4 Å². The molecule has 0 atom stereocenters. The molecule has 0 aliphatic heterocycles. The molecule has 0 saturated heterocycles. The van der Waals surface area contributed by atoms with Crippen molar-refractivity contribution in [3.8, 4) is 0 Å². The lowest BCUT2D eigenvalue weighted by Gasteiger charge is -2.34. The van der Waals surface area contributed by atoms with E-state index in [1.807, 2.05) is 52.8 Å². The second kappa shape index (κ2) is 12.0. The van der Waals surface area contributed by atoms with Crippen LogP contribution in [0.1, 0.15) is 53.2 Å². The summed E-state index contributed by atoms with van der Waals surface area (Å²) in [6, 6.07) is 5.78. The lowest BCUT2D eigenvalue weighted by atomic mass is 9.93. The fraction of sp³-hybridized carbons (Fsp3) is 0.632. The van der Waals surface area contributed by atoms with Crippen LogP contribution >= 0.6 is 24.0 Å². The molecule has 1 amide bonds. The van der Waals surface area contributed by atoms with E-state index in [1.165, 1.54) is 0 Å². The summed E-state index contributed by atoms with van der Waals surface area (Å²) < 4.78 is 5.40. The average molecular weight is 491 g/mol. The first kappa shape index (κ1) is 25.4. The van der Waals surface area contributed by atoms with Crippen LogP contribution in [-0.4, -0.2) is 41.8 Å². The lowest BCUT2D eigenvalue weighted by molar-refractivity contribution is 0.0448. The summed E-state index contributed by atoms with van der Waals surface area (Å²) >= 11 is 0. The van der Waals surface area contributed by atoms with Crippen LogP contribution in [0.3, 0.4) is 0 Å². The number of hydrogen-bond donors (Lipinski definition) is 3. The summed E-state index contributed by atoms with van der Waals surface area (Å²) in [5, 5.41) is 9.54. The van der Waals surface area contributed by atoms with Crippen LogP contribution in [0.5, 0.6) is 0 Å². The molecule has 0 bridgehead atoms. The summed E-state index contributed by atoms with van der Waals surface area (Å²) in [5.41, 5.74) is -0.00440. The number of nitrogens with one attached hydrogen (secondary N) is 3. The SMILES string of the molecule is CCC(CC)(CNC(=NC)NCc1ccccn1)NC(=O)OC(C)(C)C.I. The molecule has 3 N–H and O–H groups in total. The van der Waals surface area contributed by atoms with E-state index in [1.54, 1.807) is 13.2 Å². The molecule has 1 aromatic heterocycles. The Morgan fingerprint density at radius 2 is 1.85 bits per heavy atom. The first-order valence-corrected chi connectivity index (χ1v) is 9.09. The fourth-order valence-corrected chi connectivity index (χ4v) is 2.39. The van der Waals surface area contributed by atoms with Gasteiger partial charge in [-0.1, -0.05) is 19.9 Å². The highest BCUT2D eigenvalue weighted by Crippen LogP contribution is 2.16. The Labute approximate surface area is 180 Å². The Morgan fingerprint density at radius 1 is 1.19 bits per heavy atom. The van der Waals surface area contributed by atoms with Crippen molar-refractivity contribution in [1.82, 2.24) is 20.9 Å². The van der Waals surface area contributed by atoms with Crippen LogP contribution < -0.4 is 16.0 Å². The standard InChI is InChI=1S/C19H33N5O2.HI/c1-7-19(8-2,24-17(25)26-18(3,4)5)14-23-16(20-6)22-13-15-11-9-10-12-21-15;/h9-12H,7-8,13-14H2,1-6H3,(H,24,25)(H2,20,22,23);1H. The maximum Gasteiger partial charge on any atom is 0.408 e. The maximum absolute atomic E-state index is 12.2. The van der Waals surface area contributed by atoms with Crippen molar-refractivity contribution < 1.29 is 9.53 Å². The summed E-state index contributed by atoms with van der Waals surface area (Å²) in [5.74, 6) is 0.660. The largest absolute Gasteiger partial charge is 0.444 e.